The first kappa shape index (κ1) is 23.9. The van der Waals surface area contributed by atoms with Crippen LogP contribution in [-0.4, -0.2) is 27.2 Å². The van der Waals surface area contributed by atoms with Crippen LogP contribution in [0.25, 0.3) is 0 Å². The summed E-state index contributed by atoms with van der Waals surface area (Å²) in [6, 6.07) is 12.6. The molecule has 172 valence electrons. The van der Waals surface area contributed by atoms with Crippen molar-refractivity contribution in [3.63, 3.8) is 0 Å². The molecule has 1 heterocycles. The summed E-state index contributed by atoms with van der Waals surface area (Å²) in [6.45, 7) is 3.50. The van der Waals surface area contributed by atoms with Gasteiger partial charge in [-0.2, -0.15) is 0 Å². The second-order valence-electron chi connectivity index (χ2n) is 7.71. The first-order valence-corrected chi connectivity index (χ1v) is 10.6. The second kappa shape index (κ2) is 10.2. The quantitative estimate of drug-likeness (QED) is 0.352. The highest BCUT2D eigenvalue weighted by atomic mass is 35.5. The Morgan fingerprint density at radius 2 is 1.76 bits per heavy atom. The molecule has 0 bridgehead atoms. The zero-order chi connectivity index (χ0) is 24.1. The third-order valence-electron chi connectivity index (χ3n) is 5.26. The number of rotatable bonds is 7. The molecule has 0 aliphatic heterocycles. The molecule has 0 aliphatic carbocycles. The van der Waals surface area contributed by atoms with E-state index >= 15 is 0 Å². The maximum Gasteiger partial charge on any atom is 0.319 e. The zero-order valence-corrected chi connectivity index (χ0v) is 18.9. The van der Waals surface area contributed by atoms with E-state index in [-0.39, 0.29) is 24.3 Å². The molecule has 1 aromatic heterocycles. The van der Waals surface area contributed by atoms with Gasteiger partial charge >= 0.3 is 12.0 Å². The van der Waals surface area contributed by atoms with E-state index in [9.17, 15) is 24.6 Å². The molecule has 8 nitrogen and oxygen atoms in total. The van der Waals surface area contributed by atoms with Crippen molar-refractivity contribution < 1.29 is 19.8 Å². The Morgan fingerprint density at radius 3 is 2.39 bits per heavy atom. The van der Waals surface area contributed by atoms with E-state index in [0.29, 0.717) is 21.8 Å². The number of aromatic hydroxyl groups is 1. The van der Waals surface area contributed by atoms with Gasteiger partial charge in [0.1, 0.15) is 5.75 Å². The Balaban J connectivity index is 1.81. The Kier molecular flexibility index (Phi) is 7.40. The highest BCUT2D eigenvalue weighted by Gasteiger charge is 2.21. The van der Waals surface area contributed by atoms with Crippen molar-refractivity contribution in [3.05, 3.63) is 91.9 Å². The number of benzene rings is 2. The molecule has 0 fully saturated rings. The summed E-state index contributed by atoms with van der Waals surface area (Å²) in [5, 5.41) is 25.2. The standard InChI is InChI=1S/C24H24ClN3O5/c1-13-7-9-15(10-8-13)19(12-20(29)30)27-24(33)28-21-22(31)14(2)18(26-23(21)32)11-16-5-3-4-6-17(16)25/h3-10,19H,11-12H2,1-2H3,(H,29,30)(H2,26,31,32)(H2,27,28,33)/t19-/m0/s1. The van der Waals surface area contributed by atoms with Gasteiger partial charge in [0.2, 0.25) is 0 Å². The van der Waals surface area contributed by atoms with Crippen molar-refractivity contribution in [1.82, 2.24) is 10.3 Å². The highest BCUT2D eigenvalue weighted by Crippen LogP contribution is 2.28. The topological polar surface area (TPSA) is 132 Å². The van der Waals surface area contributed by atoms with Gasteiger partial charge < -0.3 is 25.8 Å². The first-order valence-electron chi connectivity index (χ1n) is 10.2. The molecule has 0 spiro atoms. The smallest absolute Gasteiger partial charge is 0.319 e. The maximum atomic E-state index is 12.6. The van der Waals surface area contributed by atoms with Gasteiger partial charge in [0.25, 0.3) is 5.56 Å². The number of carbonyl (C=O) groups excluding carboxylic acids is 1. The molecule has 0 saturated carbocycles. The minimum atomic E-state index is -1.10. The molecule has 2 amide bonds. The summed E-state index contributed by atoms with van der Waals surface area (Å²) in [5.41, 5.74) is 2.17. The number of hydrogen-bond acceptors (Lipinski definition) is 4. The number of aryl methyl sites for hydroxylation is 1. The number of halogens is 1. The van der Waals surface area contributed by atoms with Crippen molar-refractivity contribution >= 4 is 29.3 Å². The third kappa shape index (κ3) is 5.93. The van der Waals surface area contributed by atoms with Gasteiger partial charge in [-0.15, -0.1) is 0 Å². The summed E-state index contributed by atoms with van der Waals surface area (Å²) >= 11 is 6.19. The molecule has 2 aromatic carbocycles. The van der Waals surface area contributed by atoms with E-state index in [4.69, 9.17) is 11.6 Å². The van der Waals surface area contributed by atoms with Crippen LogP contribution in [0.1, 0.15) is 40.4 Å². The van der Waals surface area contributed by atoms with Crippen molar-refractivity contribution in [2.45, 2.75) is 32.7 Å². The molecule has 33 heavy (non-hydrogen) atoms. The number of carboxylic acid groups (broad SMARTS) is 1. The number of urea groups is 1. The monoisotopic (exact) mass is 469 g/mol. The van der Waals surface area contributed by atoms with Crippen molar-refractivity contribution in [3.8, 4) is 5.75 Å². The number of pyridine rings is 1. The number of aliphatic carboxylic acids is 1. The lowest BCUT2D eigenvalue weighted by molar-refractivity contribution is -0.137. The molecular formula is C24H24ClN3O5. The van der Waals surface area contributed by atoms with Crippen LogP contribution in [0, 0.1) is 13.8 Å². The van der Waals surface area contributed by atoms with Gasteiger partial charge in [-0.25, -0.2) is 4.79 Å². The lowest BCUT2D eigenvalue weighted by Crippen LogP contribution is -2.35. The molecule has 5 N–H and O–H groups in total. The van der Waals surface area contributed by atoms with Crippen LogP contribution in [0.2, 0.25) is 5.02 Å². The van der Waals surface area contributed by atoms with Gasteiger partial charge in [0.05, 0.1) is 12.5 Å². The second-order valence-corrected chi connectivity index (χ2v) is 8.12. The number of hydrogen-bond donors (Lipinski definition) is 5. The molecule has 0 radical (unpaired) electrons. The first-order chi connectivity index (χ1) is 15.7. The number of nitrogens with one attached hydrogen (secondary N) is 3. The average Bonchev–Trinajstić information content (AvgIpc) is 2.76. The average molecular weight is 470 g/mol. The van der Waals surface area contributed by atoms with E-state index in [1.54, 1.807) is 43.3 Å². The van der Waals surface area contributed by atoms with E-state index < -0.39 is 23.6 Å². The van der Waals surface area contributed by atoms with Crippen LogP contribution in [0.3, 0.4) is 0 Å². The fourth-order valence-electron chi connectivity index (χ4n) is 3.39. The van der Waals surface area contributed by atoms with Crippen molar-refractivity contribution in [2.24, 2.45) is 0 Å². The van der Waals surface area contributed by atoms with Gasteiger partial charge in [-0.3, -0.25) is 9.59 Å². The van der Waals surface area contributed by atoms with Crippen LogP contribution >= 0.6 is 11.6 Å². The van der Waals surface area contributed by atoms with E-state index in [1.165, 1.54) is 0 Å². The third-order valence-corrected chi connectivity index (χ3v) is 5.63. The van der Waals surface area contributed by atoms with Gasteiger partial charge in [-0.1, -0.05) is 59.6 Å². The van der Waals surface area contributed by atoms with Gasteiger partial charge in [0, 0.05) is 22.7 Å². The summed E-state index contributed by atoms with van der Waals surface area (Å²) in [4.78, 5) is 39.2. The Labute approximate surface area is 195 Å². The highest BCUT2D eigenvalue weighted by molar-refractivity contribution is 6.31. The van der Waals surface area contributed by atoms with E-state index in [1.807, 2.05) is 19.1 Å². The predicted molar refractivity (Wildman–Crippen MR) is 126 cm³/mol. The Hall–Kier alpha value is -3.78. The number of carbonyl (C=O) groups is 2. The Morgan fingerprint density at radius 1 is 1.09 bits per heavy atom. The predicted octanol–water partition coefficient (Wildman–Crippen LogP) is 4.28. The molecule has 9 heteroatoms. The largest absolute Gasteiger partial charge is 0.505 e. The number of aromatic nitrogens is 1. The van der Waals surface area contributed by atoms with E-state index in [2.05, 4.69) is 15.6 Å². The number of aromatic amines is 1. The van der Waals surface area contributed by atoms with Crippen LogP contribution in [0.15, 0.2) is 53.3 Å². The lowest BCUT2D eigenvalue weighted by Gasteiger charge is -2.19. The van der Waals surface area contributed by atoms with Crippen LogP contribution < -0.4 is 16.2 Å². The summed E-state index contributed by atoms with van der Waals surface area (Å²) in [7, 11) is 0. The van der Waals surface area contributed by atoms with Crippen molar-refractivity contribution in [1.29, 1.82) is 0 Å². The Bertz CT molecular complexity index is 1240. The number of carboxylic acids is 1. The maximum absolute atomic E-state index is 12.6. The number of H-pyrrole nitrogens is 1. The molecule has 0 aliphatic rings. The number of anilines is 1. The molecule has 0 unspecified atom stereocenters. The van der Waals surface area contributed by atoms with Crippen LogP contribution in [0.5, 0.6) is 5.75 Å². The fraction of sp³-hybridized carbons (Fsp3) is 0.208. The minimum absolute atomic E-state index is 0.287. The normalized spacial score (nSPS) is 11.6. The SMILES string of the molecule is Cc1ccc([C@H](CC(=O)O)NC(=O)Nc2c(O)c(C)c(Cc3ccccc3Cl)[nH]c2=O)cc1. The lowest BCUT2D eigenvalue weighted by atomic mass is 10.0. The molecule has 3 aromatic rings. The summed E-state index contributed by atoms with van der Waals surface area (Å²) < 4.78 is 0. The van der Waals surface area contributed by atoms with Crippen LogP contribution in [0.4, 0.5) is 10.5 Å². The van der Waals surface area contributed by atoms with Gasteiger partial charge in [0.15, 0.2) is 5.69 Å². The summed E-state index contributed by atoms with van der Waals surface area (Å²) in [5.74, 6) is -1.47. The molecule has 1 atom stereocenters. The molecule has 0 saturated heterocycles. The number of amides is 2. The fourth-order valence-corrected chi connectivity index (χ4v) is 3.59. The molecule has 3 rings (SSSR count). The summed E-state index contributed by atoms with van der Waals surface area (Å²) in [6.07, 6.45) is -0.0660. The zero-order valence-electron chi connectivity index (χ0n) is 18.1. The van der Waals surface area contributed by atoms with Gasteiger partial charge in [-0.05, 0) is 31.0 Å². The van der Waals surface area contributed by atoms with E-state index in [0.717, 1.165) is 11.1 Å². The minimum Gasteiger partial charge on any atom is -0.505 e. The van der Waals surface area contributed by atoms with Crippen LogP contribution in [-0.2, 0) is 11.2 Å². The van der Waals surface area contributed by atoms with Crippen molar-refractivity contribution in [2.75, 3.05) is 5.32 Å². The molecular weight excluding hydrogens is 446 g/mol.